The van der Waals surface area contributed by atoms with E-state index in [-0.39, 0.29) is 0 Å². The van der Waals surface area contributed by atoms with Gasteiger partial charge in [0.2, 0.25) is 0 Å². The zero-order chi connectivity index (χ0) is 10.8. The third-order valence-electron chi connectivity index (χ3n) is 1.49. The van der Waals surface area contributed by atoms with Gasteiger partial charge in [0.25, 0.3) is 0 Å². The second-order valence-electron chi connectivity index (χ2n) is 2.39. The maximum Gasteiger partial charge on any atom is 0.419 e. The smallest absolute Gasteiger partial charge is 0.315 e. The van der Waals surface area contributed by atoms with Crippen molar-refractivity contribution in [2.24, 2.45) is 0 Å². The molecule has 0 saturated carbocycles. The summed E-state index contributed by atoms with van der Waals surface area (Å²) in [6, 6.07) is 2.59. The van der Waals surface area contributed by atoms with Crippen LogP contribution in [0, 0.1) is 5.82 Å². The van der Waals surface area contributed by atoms with Crippen molar-refractivity contribution in [3.05, 3.63) is 29.6 Å². The van der Waals surface area contributed by atoms with Gasteiger partial charge in [0, 0.05) is 0 Å². The van der Waals surface area contributed by atoms with Gasteiger partial charge in [-0.15, -0.1) is 0 Å². The van der Waals surface area contributed by atoms with E-state index in [4.69, 9.17) is 0 Å². The molecule has 6 heteroatoms. The maximum atomic E-state index is 13.0. The van der Waals surface area contributed by atoms with E-state index in [0.717, 1.165) is 18.5 Å². The van der Waals surface area contributed by atoms with Gasteiger partial charge >= 0.3 is 12.6 Å². The predicted octanol–water partition coefficient (Wildman–Crippen LogP) is 2.32. The number of benzene rings is 1. The van der Waals surface area contributed by atoms with E-state index >= 15 is 0 Å². The lowest BCUT2D eigenvalue weighted by Crippen LogP contribution is -2.10. The molecule has 0 unspecified atom stereocenters. The first-order valence-corrected chi connectivity index (χ1v) is 3.45. The van der Waals surface area contributed by atoms with Crippen LogP contribution in [0.25, 0.3) is 0 Å². The molecule has 1 radical (unpaired) electrons. The topological polar surface area (TPSA) is 29.1 Å². The molecule has 0 heterocycles. The maximum absolute atomic E-state index is 13.0. The molecule has 1 N–H and O–H groups in total. The summed E-state index contributed by atoms with van der Waals surface area (Å²) in [5.74, 6) is -1.51. The highest BCUT2D eigenvalue weighted by atomic mass is 19.4. The Kier molecular flexibility index (Phi) is 2.73. The van der Waals surface area contributed by atoms with Crippen molar-refractivity contribution in [2.45, 2.75) is 6.18 Å². The summed E-state index contributed by atoms with van der Waals surface area (Å²) < 4.78 is 49.3. The fourth-order valence-corrected chi connectivity index (χ4v) is 0.902. The van der Waals surface area contributed by atoms with Crippen molar-refractivity contribution in [2.75, 3.05) is 5.32 Å². The summed E-state index contributed by atoms with van der Waals surface area (Å²) in [4.78, 5) is 9.80. The first kappa shape index (κ1) is 10.5. The van der Waals surface area contributed by atoms with Gasteiger partial charge in [-0.1, -0.05) is 6.07 Å². The highest BCUT2D eigenvalue weighted by Crippen LogP contribution is 2.33. The number of alkyl halides is 3. The fourth-order valence-electron chi connectivity index (χ4n) is 0.902. The highest BCUT2D eigenvalue weighted by Gasteiger charge is 2.34. The molecule has 75 valence electrons. The molecule has 0 aromatic heterocycles. The van der Waals surface area contributed by atoms with Gasteiger partial charge in [-0.2, -0.15) is 13.2 Å². The quantitative estimate of drug-likeness (QED) is 0.583. The second-order valence-corrected chi connectivity index (χ2v) is 2.39. The van der Waals surface area contributed by atoms with Crippen LogP contribution in [-0.2, 0) is 11.0 Å². The van der Waals surface area contributed by atoms with Crippen LogP contribution in [0.3, 0.4) is 0 Å². The Morgan fingerprint density at radius 1 is 1.29 bits per heavy atom. The van der Waals surface area contributed by atoms with Crippen LogP contribution in [0.1, 0.15) is 5.56 Å². The van der Waals surface area contributed by atoms with Gasteiger partial charge in [-0.05, 0) is 12.1 Å². The number of rotatable bonds is 2. The van der Waals surface area contributed by atoms with Crippen molar-refractivity contribution in [1.29, 1.82) is 0 Å². The standard InChI is InChI=1S/C8H4F4NO/c9-7-5(8(10,11)12)2-1-3-6(7)13-4-14/h1-3H,(H,13,14). The fraction of sp³-hybridized carbons (Fsp3) is 0.125. The number of anilines is 1. The minimum atomic E-state index is -4.77. The van der Waals surface area contributed by atoms with E-state index in [0.29, 0.717) is 6.07 Å². The summed E-state index contributed by atoms with van der Waals surface area (Å²) >= 11 is 0. The zero-order valence-corrected chi connectivity index (χ0v) is 6.65. The summed E-state index contributed by atoms with van der Waals surface area (Å²) in [7, 11) is 0. The number of halogens is 4. The third-order valence-corrected chi connectivity index (χ3v) is 1.49. The molecule has 0 bridgehead atoms. The SMILES string of the molecule is O=[C]Nc1cccc(C(F)(F)F)c1F. The summed E-state index contributed by atoms with van der Waals surface area (Å²) in [6.07, 6.45) is -3.68. The molecule has 1 amide bonds. The van der Waals surface area contributed by atoms with Crippen LogP contribution in [0.15, 0.2) is 18.2 Å². The van der Waals surface area contributed by atoms with E-state index in [9.17, 15) is 22.4 Å². The summed E-state index contributed by atoms with van der Waals surface area (Å²) in [5.41, 5.74) is -1.97. The van der Waals surface area contributed by atoms with E-state index in [1.54, 1.807) is 5.32 Å². The van der Waals surface area contributed by atoms with Crippen molar-refractivity contribution >= 4 is 12.1 Å². The molecule has 0 aliphatic carbocycles. The Morgan fingerprint density at radius 2 is 1.93 bits per heavy atom. The molecule has 14 heavy (non-hydrogen) atoms. The minimum absolute atomic E-state index is 0.546. The van der Waals surface area contributed by atoms with E-state index in [1.807, 2.05) is 0 Å². The summed E-state index contributed by atoms with van der Waals surface area (Å²) in [5, 5.41) is 1.71. The van der Waals surface area contributed by atoms with Crippen molar-refractivity contribution in [3.8, 4) is 0 Å². The van der Waals surface area contributed by atoms with Crippen molar-refractivity contribution < 1.29 is 22.4 Å². The average Bonchev–Trinajstić information content (AvgIpc) is 2.07. The molecular weight excluding hydrogens is 202 g/mol. The van der Waals surface area contributed by atoms with Gasteiger partial charge in [-0.25, -0.2) is 4.39 Å². The molecule has 2 nitrogen and oxygen atoms in total. The Bertz CT molecular complexity index is 348. The Hall–Kier alpha value is -1.59. The van der Waals surface area contributed by atoms with E-state index in [1.165, 1.54) is 0 Å². The van der Waals surface area contributed by atoms with Crippen LogP contribution in [-0.4, -0.2) is 6.41 Å². The van der Waals surface area contributed by atoms with Crippen LogP contribution >= 0.6 is 0 Å². The van der Waals surface area contributed by atoms with Gasteiger partial charge in [0.15, 0.2) is 5.82 Å². The van der Waals surface area contributed by atoms with Crippen LogP contribution in [0.5, 0.6) is 0 Å². The molecule has 0 fully saturated rings. The molecule has 0 spiro atoms. The number of nitrogens with one attached hydrogen (secondary N) is 1. The monoisotopic (exact) mass is 206 g/mol. The van der Waals surface area contributed by atoms with E-state index in [2.05, 4.69) is 0 Å². The van der Waals surface area contributed by atoms with Gasteiger partial charge in [0.05, 0.1) is 11.3 Å². The lowest BCUT2D eigenvalue weighted by molar-refractivity contribution is -0.139. The van der Waals surface area contributed by atoms with Gasteiger partial charge in [0.1, 0.15) is 0 Å². The normalized spacial score (nSPS) is 11.1. The van der Waals surface area contributed by atoms with E-state index < -0.39 is 23.2 Å². The molecule has 1 rings (SSSR count). The summed E-state index contributed by atoms with van der Waals surface area (Å²) in [6.45, 7) is 0. The van der Waals surface area contributed by atoms with Crippen LogP contribution in [0.2, 0.25) is 0 Å². The molecular formula is C8H4F4NO. The number of hydrogen-bond donors (Lipinski definition) is 1. The van der Waals surface area contributed by atoms with Crippen molar-refractivity contribution in [1.82, 2.24) is 0 Å². The van der Waals surface area contributed by atoms with Crippen LogP contribution in [0.4, 0.5) is 23.2 Å². The Morgan fingerprint density at radius 3 is 2.43 bits per heavy atom. The van der Waals surface area contributed by atoms with Crippen LogP contribution < -0.4 is 5.32 Å². The first-order valence-electron chi connectivity index (χ1n) is 3.45. The van der Waals surface area contributed by atoms with Crippen molar-refractivity contribution in [3.63, 3.8) is 0 Å². The Balaban J connectivity index is 3.20. The largest absolute Gasteiger partial charge is 0.419 e. The predicted molar refractivity (Wildman–Crippen MR) is 40.7 cm³/mol. The number of carbonyl (C=O) groups excluding carboxylic acids is 1. The minimum Gasteiger partial charge on any atom is -0.315 e. The zero-order valence-electron chi connectivity index (χ0n) is 6.65. The molecule has 0 atom stereocenters. The first-order chi connectivity index (χ1) is 6.46. The lowest BCUT2D eigenvalue weighted by atomic mass is 10.2. The molecule has 1 aromatic rings. The molecule has 0 saturated heterocycles. The molecule has 0 aliphatic rings. The average molecular weight is 206 g/mol. The van der Waals surface area contributed by atoms with Gasteiger partial charge in [-0.3, -0.25) is 4.79 Å². The van der Waals surface area contributed by atoms with Gasteiger partial charge < -0.3 is 5.32 Å². The molecule has 0 aliphatic heterocycles. The Labute approximate surface area is 76.5 Å². The number of hydrogen-bond acceptors (Lipinski definition) is 1. The lowest BCUT2D eigenvalue weighted by Gasteiger charge is -2.09. The second kappa shape index (κ2) is 3.65. The number of amides is 1. The molecule has 1 aromatic carbocycles. The highest BCUT2D eigenvalue weighted by molar-refractivity contribution is 5.72. The third kappa shape index (κ3) is 2.01.